The van der Waals surface area contributed by atoms with E-state index in [0.29, 0.717) is 13.2 Å². The van der Waals surface area contributed by atoms with Gasteiger partial charge in [-0.25, -0.2) is 0 Å². The van der Waals surface area contributed by atoms with Crippen LogP contribution < -0.4 is 5.32 Å². The summed E-state index contributed by atoms with van der Waals surface area (Å²) in [6, 6.07) is 0. The van der Waals surface area contributed by atoms with Gasteiger partial charge in [-0.2, -0.15) is 0 Å². The van der Waals surface area contributed by atoms with Gasteiger partial charge in [0.2, 0.25) is 5.91 Å². The fourth-order valence-electron chi connectivity index (χ4n) is 1.82. The summed E-state index contributed by atoms with van der Waals surface area (Å²) in [5.41, 5.74) is 0. The van der Waals surface area contributed by atoms with E-state index in [9.17, 15) is 20.1 Å². The van der Waals surface area contributed by atoms with Crippen molar-refractivity contribution in [1.29, 1.82) is 0 Å². The van der Waals surface area contributed by atoms with Crippen molar-refractivity contribution in [3.8, 4) is 0 Å². The molecule has 0 aliphatic heterocycles. The molecule has 7 nitrogen and oxygen atoms in total. The van der Waals surface area contributed by atoms with Crippen molar-refractivity contribution in [1.82, 2.24) is 10.2 Å². The molecule has 1 amide bonds. The van der Waals surface area contributed by atoms with Crippen LogP contribution in [0.5, 0.6) is 0 Å². The maximum atomic E-state index is 11.5. The van der Waals surface area contributed by atoms with Crippen LogP contribution in [0.2, 0.25) is 0 Å². The molecule has 120 valence electrons. The van der Waals surface area contributed by atoms with E-state index >= 15 is 0 Å². The molecule has 0 aliphatic carbocycles. The smallest absolute Gasteiger partial charge is 0.220 e. The number of hydrogen-bond acceptors (Lipinski definition) is 6. The monoisotopic (exact) mass is 292 g/mol. The van der Waals surface area contributed by atoms with Crippen LogP contribution in [0.3, 0.4) is 0 Å². The zero-order chi connectivity index (χ0) is 15.5. The van der Waals surface area contributed by atoms with E-state index in [0.717, 1.165) is 0 Å². The van der Waals surface area contributed by atoms with Crippen LogP contribution >= 0.6 is 0 Å². The summed E-state index contributed by atoms with van der Waals surface area (Å²) < 4.78 is 4.82. The summed E-state index contributed by atoms with van der Waals surface area (Å²) >= 11 is 0. The van der Waals surface area contributed by atoms with Gasteiger partial charge in [-0.3, -0.25) is 9.69 Å². The highest BCUT2D eigenvalue weighted by Gasteiger charge is 2.19. The Hall–Kier alpha value is -0.730. The number of carbonyl (C=O) groups is 1. The quantitative estimate of drug-likeness (QED) is 0.285. The highest BCUT2D eigenvalue weighted by molar-refractivity contribution is 5.75. The topological polar surface area (TPSA) is 102 Å². The molecule has 7 heteroatoms. The largest absolute Gasteiger partial charge is 0.392 e. The van der Waals surface area contributed by atoms with Crippen LogP contribution in [0.4, 0.5) is 0 Å². The molecule has 4 N–H and O–H groups in total. The van der Waals surface area contributed by atoms with Crippen LogP contribution in [-0.4, -0.2) is 77.9 Å². The number of carbonyl (C=O) groups excluding carboxylic acids is 1. The van der Waals surface area contributed by atoms with E-state index in [2.05, 4.69) is 5.32 Å². The lowest BCUT2D eigenvalue weighted by Crippen LogP contribution is -2.44. The zero-order valence-corrected chi connectivity index (χ0v) is 12.6. The van der Waals surface area contributed by atoms with Crippen molar-refractivity contribution < 1.29 is 24.9 Å². The van der Waals surface area contributed by atoms with Gasteiger partial charge in [-0.1, -0.05) is 0 Å². The lowest BCUT2D eigenvalue weighted by Gasteiger charge is -2.29. The molecule has 0 heterocycles. The Bertz CT molecular complexity index is 251. The van der Waals surface area contributed by atoms with Crippen molar-refractivity contribution in [3.63, 3.8) is 0 Å². The highest BCUT2D eigenvalue weighted by Crippen LogP contribution is 2.07. The summed E-state index contributed by atoms with van der Waals surface area (Å²) in [6.07, 6.45) is -1.66. The summed E-state index contributed by atoms with van der Waals surface area (Å²) in [7, 11) is 1.56. The molecule has 3 unspecified atom stereocenters. The fourth-order valence-corrected chi connectivity index (χ4v) is 1.82. The Kier molecular flexibility index (Phi) is 10.6. The average Bonchev–Trinajstić information content (AvgIpc) is 2.34. The number of ether oxygens (including phenoxy) is 1. The number of methoxy groups -OCH3 is 1. The van der Waals surface area contributed by atoms with Crippen LogP contribution in [0.15, 0.2) is 0 Å². The number of rotatable bonds is 11. The Morgan fingerprint density at radius 1 is 1.20 bits per heavy atom. The molecule has 0 saturated heterocycles. The Labute approximate surface area is 120 Å². The molecule has 0 rings (SSSR count). The molecule has 0 aromatic heterocycles. The van der Waals surface area contributed by atoms with Crippen LogP contribution in [0, 0.1) is 0 Å². The van der Waals surface area contributed by atoms with Crippen LogP contribution in [-0.2, 0) is 9.53 Å². The highest BCUT2D eigenvalue weighted by atomic mass is 16.5. The third-order valence-electron chi connectivity index (χ3n) is 2.68. The normalized spacial score (nSPS) is 15.9. The van der Waals surface area contributed by atoms with E-state index in [1.54, 1.807) is 25.9 Å². The fraction of sp³-hybridized carbons (Fsp3) is 0.923. The number of aliphatic hydroxyl groups is 3. The molecular weight excluding hydrogens is 264 g/mol. The van der Waals surface area contributed by atoms with Gasteiger partial charge in [0.1, 0.15) is 6.23 Å². The lowest BCUT2D eigenvalue weighted by molar-refractivity contribution is -0.123. The van der Waals surface area contributed by atoms with Gasteiger partial charge in [0.05, 0.1) is 18.8 Å². The summed E-state index contributed by atoms with van der Waals surface area (Å²) in [5, 5.41) is 31.4. The predicted molar refractivity (Wildman–Crippen MR) is 75.1 cm³/mol. The van der Waals surface area contributed by atoms with E-state index in [1.165, 1.54) is 0 Å². The second-order valence-electron chi connectivity index (χ2n) is 5.01. The minimum absolute atomic E-state index is 0.157. The molecular formula is C13H28N2O5. The van der Waals surface area contributed by atoms with Gasteiger partial charge < -0.3 is 25.4 Å². The minimum Gasteiger partial charge on any atom is -0.392 e. The van der Waals surface area contributed by atoms with E-state index in [-0.39, 0.29) is 31.8 Å². The van der Waals surface area contributed by atoms with Gasteiger partial charge in [-0.15, -0.1) is 0 Å². The SMILES string of the molecule is COCCNC(=O)CCC(O)N(CC(C)O)CC(C)O. The predicted octanol–water partition coefficient (Wildman–Crippen LogP) is -1.09. The summed E-state index contributed by atoms with van der Waals surface area (Å²) in [6.45, 7) is 4.61. The number of aliphatic hydroxyl groups excluding tert-OH is 3. The second-order valence-corrected chi connectivity index (χ2v) is 5.01. The van der Waals surface area contributed by atoms with Crippen LogP contribution in [0.25, 0.3) is 0 Å². The summed E-state index contributed by atoms with van der Waals surface area (Å²) in [5.74, 6) is -0.157. The first-order valence-corrected chi connectivity index (χ1v) is 6.90. The first kappa shape index (κ1) is 19.3. The van der Waals surface area contributed by atoms with Gasteiger partial charge in [0.15, 0.2) is 0 Å². The zero-order valence-electron chi connectivity index (χ0n) is 12.6. The maximum Gasteiger partial charge on any atom is 0.220 e. The Balaban J connectivity index is 4.10. The standard InChI is InChI=1S/C13H28N2O5/c1-10(16)8-15(9-11(2)17)13(19)5-4-12(18)14-6-7-20-3/h10-11,13,16-17,19H,4-9H2,1-3H3,(H,14,18). The van der Waals surface area contributed by atoms with Gasteiger partial charge in [0, 0.05) is 33.2 Å². The average molecular weight is 292 g/mol. The molecule has 0 saturated carbocycles. The third kappa shape index (κ3) is 10.1. The third-order valence-corrected chi connectivity index (χ3v) is 2.68. The molecule has 0 aliphatic rings. The Morgan fingerprint density at radius 3 is 2.20 bits per heavy atom. The molecule has 20 heavy (non-hydrogen) atoms. The Morgan fingerprint density at radius 2 is 1.75 bits per heavy atom. The van der Waals surface area contributed by atoms with E-state index in [4.69, 9.17) is 4.74 Å². The van der Waals surface area contributed by atoms with Gasteiger partial charge in [-0.05, 0) is 20.3 Å². The number of nitrogens with one attached hydrogen (secondary N) is 1. The first-order chi connectivity index (χ1) is 9.36. The van der Waals surface area contributed by atoms with Gasteiger partial charge >= 0.3 is 0 Å². The van der Waals surface area contributed by atoms with E-state index in [1.807, 2.05) is 0 Å². The number of amides is 1. The van der Waals surface area contributed by atoms with Crippen LogP contribution in [0.1, 0.15) is 26.7 Å². The van der Waals surface area contributed by atoms with E-state index < -0.39 is 18.4 Å². The van der Waals surface area contributed by atoms with Crippen molar-refractivity contribution >= 4 is 5.91 Å². The number of nitrogens with zero attached hydrogens (tertiary/aromatic N) is 1. The second kappa shape index (κ2) is 11.0. The lowest BCUT2D eigenvalue weighted by atomic mass is 10.2. The molecule has 0 radical (unpaired) electrons. The van der Waals surface area contributed by atoms with Crippen molar-refractivity contribution in [2.75, 3.05) is 33.4 Å². The van der Waals surface area contributed by atoms with Crippen molar-refractivity contribution in [2.45, 2.75) is 45.1 Å². The van der Waals surface area contributed by atoms with Crippen molar-refractivity contribution in [3.05, 3.63) is 0 Å². The molecule has 3 atom stereocenters. The first-order valence-electron chi connectivity index (χ1n) is 6.90. The molecule has 0 aromatic carbocycles. The molecule has 0 bridgehead atoms. The number of hydrogen-bond donors (Lipinski definition) is 4. The maximum absolute atomic E-state index is 11.5. The molecule has 0 spiro atoms. The minimum atomic E-state index is -0.868. The van der Waals surface area contributed by atoms with Crippen molar-refractivity contribution in [2.24, 2.45) is 0 Å². The molecule has 0 aromatic rings. The summed E-state index contributed by atoms with van der Waals surface area (Å²) in [4.78, 5) is 13.1. The molecule has 0 fully saturated rings. The van der Waals surface area contributed by atoms with Gasteiger partial charge in [0.25, 0.3) is 0 Å².